The Labute approximate surface area is 80.1 Å². The molecule has 1 nitrogen and oxygen atoms in total. The first-order chi connectivity index (χ1) is 6.25. The number of halogens is 3. The Morgan fingerprint density at radius 3 is 2.46 bits per heavy atom. The molecule has 0 amide bonds. The molecule has 4 heteroatoms. The van der Waals surface area contributed by atoms with Crippen molar-refractivity contribution in [2.24, 2.45) is 0 Å². The highest BCUT2D eigenvalue weighted by atomic mass is 35.5. The van der Waals surface area contributed by atoms with E-state index in [1.54, 1.807) is 6.08 Å². The van der Waals surface area contributed by atoms with Crippen molar-refractivity contribution < 1.29 is 8.78 Å². The van der Waals surface area contributed by atoms with Gasteiger partial charge in [0.25, 0.3) is 0 Å². The van der Waals surface area contributed by atoms with Crippen LogP contribution >= 0.6 is 11.6 Å². The van der Waals surface area contributed by atoms with E-state index in [4.69, 9.17) is 11.6 Å². The third kappa shape index (κ3) is 2.77. The minimum atomic E-state index is -0.661. The summed E-state index contributed by atoms with van der Waals surface area (Å²) in [7, 11) is 0. The number of allylic oxidation sites excluding steroid dienone is 1. The number of alkyl halides is 1. The summed E-state index contributed by atoms with van der Waals surface area (Å²) in [6.45, 7) is 0. The highest BCUT2D eigenvalue weighted by Gasteiger charge is 2.04. The fourth-order valence-corrected chi connectivity index (χ4v) is 0.971. The van der Waals surface area contributed by atoms with E-state index in [1.807, 2.05) is 0 Å². The Bertz CT molecular complexity index is 292. The lowest BCUT2D eigenvalue weighted by Crippen LogP contribution is -1.89. The Hall–Kier alpha value is -0.960. The van der Waals surface area contributed by atoms with Crippen LogP contribution in [0.15, 0.2) is 18.5 Å². The Balaban J connectivity index is 2.87. The second-order valence-corrected chi connectivity index (χ2v) is 2.77. The zero-order chi connectivity index (χ0) is 9.68. The van der Waals surface area contributed by atoms with Crippen LogP contribution in [0.3, 0.4) is 0 Å². The quantitative estimate of drug-likeness (QED) is 0.689. The fourth-order valence-electron chi connectivity index (χ4n) is 0.845. The van der Waals surface area contributed by atoms with Crippen molar-refractivity contribution in [2.45, 2.75) is 6.42 Å². The highest BCUT2D eigenvalue weighted by molar-refractivity contribution is 6.17. The molecule has 0 atom stereocenters. The minimum absolute atomic E-state index is 0.0693. The van der Waals surface area contributed by atoms with E-state index in [1.165, 1.54) is 6.08 Å². The molecule has 1 aromatic rings. The molecule has 0 fully saturated rings. The summed E-state index contributed by atoms with van der Waals surface area (Å²) in [5.41, 5.74) is -0.0693. The average Bonchev–Trinajstić information content (AvgIpc) is 2.10. The SMILES string of the molecule is Fc1cncc(F)c1/C=C/CCCl. The molecule has 1 aromatic heterocycles. The maximum absolute atomic E-state index is 12.9. The van der Waals surface area contributed by atoms with Gasteiger partial charge in [0.2, 0.25) is 0 Å². The lowest BCUT2D eigenvalue weighted by Gasteiger charge is -1.96. The average molecular weight is 204 g/mol. The molecule has 0 bridgehead atoms. The van der Waals surface area contributed by atoms with E-state index in [-0.39, 0.29) is 5.56 Å². The topological polar surface area (TPSA) is 12.9 Å². The molecule has 0 saturated heterocycles. The lowest BCUT2D eigenvalue weighted by molar-refractivity contribution is 0.568. The lowest BCUT2D eigenvalue weighted by atomic mass is 10.2. The van der Waals surface area contributed by atoms with Gasteiger partial charge in [0, 0.05) is 11.4 Å². The molecule has 0 unspecified atom stereocenters. The molecule has 70 valence electrons. The van der Waals surface area contributed by atoms with Crippen molar-refractivity contribution in [1.29, 1.82) is 0 Å². The molecule has 0 aliphatic heterocycles. The normalized spacial score (nSPS) is 11.0. The van der Waals surface area contributed by atoms with E-state index in [9.17, 15) is 8.78 Å². The van der Waals surface area contributed by atoms with Crippen LogP contribution in [0.5, 0.6) is 0 Å². The summed E-state index contributed by atoms with van der Waals surface area (Å²) in [4.78, 5) is 3.36. The number of aromatic nitrogens is 1. The second kappa shape index (κ2) is 4.92. The number of hydrogen-bond donors (Lipinski definition) is 0. The van der Waals surface area contributed by atoms with E-state index in [0.29, 0.717) is 12.3 Å². The van der Waals surface area contributed by atoms with E-state index < -0.39 is 11.6 Å². The molecular weight excluding hydrogens is 196 g/mol. The van der Waals surface area contributed by atoms with Crippen LogP contribution in [0.1, 0.15) is 12.0 Å². The maximum atomic E-state index is 12.9. The van der Waals surface area contributed by atoms with Crippen LogP contribution in [-0.2, 0) is 0 Å². The van der Waals surface area contributed by atoms with Crippen molar-refractivity contribution in [1.82, 2.24) is 4.98 Å². The van der Waals surface area contributed by atoms with Gasteiger partial charge in [-0.25, -0.2) is 8.78 Å². The van der Waals surface area contributed by atoms with Crippen LogP contribution < -0.4 is 0 Å². The Morgan fingerprint density at radius 2 is 1.92 bits per heavy atom. The van der Waals surface area contributed by atoms with E-state index in [2.05, 4.69) is 4.98 Å². The summed E-state index contributed by atoms with van der Waals surface area (Å²) in [5.74, 6) is -0.887. The van der Waals surface area contributed by atoms with Crippen LogP contribution in [0.4, 0.5) is 8.78 Å². The molecule has 0 spiro atoms. The number of rotatable bonds is 3. The molecule has 1 heterocycles. The molecule has 0 aliphatic rings. The number of hydrogen-bond acceptors (Lipinski definition) is 1. The summed E-state index contributed by atoms with van der Waals surface area (Å²) in [5, 5.41) is 0. The maximum Gasteiger partial charge on any atom is 0.151 e. The van der Waals surface area contributed by atoms with Gasteiger partial charge in [-0.15, -0.1) is 11.6 Å². The third-order valence-electron chi connectivity index (χ3n) is 1.45. The van der Waals surface area contributed by atoms with E-state index in [0.717, 1.165) is 12.4 Å². The number of pyridine rings is 1. The molecule has 0 aliphatic carbocycles. The summed E-state index contributed by atoms with van der Waals surface area (Å²) in [6, 6.07) is 0. The van der Waals surface area contributed by atoms with Gasteiger partial charge < -0.3 is 0 Å². The first kappa shape index (κ1) is 10.1. The van der Waals surface area contributed by atoms with Crippen LogP contribution in [0.25, 0.3) is 6.08 Å². The van der Waals surface area contributed by atoms with Crippen LogP contribution in [0, 0.1) is 11.6 Å². The predicted octanol–water partition coefficient (Wildman–Crippen LogP) is 3.00. The molecule has 0 saturated carbocycles. The van der Waals surface area contributed by atoms with Crippen molar-refractivity contribution in [3.05, 3.63) is 35.7 Å². The monoisotopic (exact) mass is 203 g/mol. The van der Waals surface area contributed by atoms with Gasteiger partial charge in [-0.05, 0) is 6.42 Å². The summed E-state index contributed by atoms with van der Waals surface area (Å²) < 4.78 is 25.8. The molecule has 0 N–H and O–H groups in total. The van der Waals surface area contributed by atoms with Gasteiger partial charge in [-0.3, -0.25) is 4.98 Å². The molecular formula is C9H8ClF2N. The zero-order valence-corrected chi connectivity index (χ0v) is 7.56. The van der Waals surface area contributed by atoms with Gasteiger partial charge in [-0.2, -0.15) is 0 Å². The minimum Gasteiger partial charge on any atom is -0.259 e. The standard InChI is InChI=1S/C9H8ClF2N/c10-4-2-1-3-7-8(11)5-13-6-9(7)12/h1,3,5-6H,2,4H2/b3-1+. The highest BCUT2D eigenvalue weighted by Crippen LogP contribution is 2.12. The predicted molar refractivity (Wildman–Crippen MR) is 48.5 cm³/mol. The molecule has 0 aromatic carbocycles. The van der Waals surface area contributed by atoms with Crippen molar-refractivity contribution in [3.8, 4) is 0 Å². The van der Waals surface area contributed by atoms with Crippen molar-refractivity contribution in [3.63, 3.8) is 0 Å². The van der Waals surface area contributed by atoms with Crippen LogP contribution in [-0.4, -0.2) is 10.9 Å². The molecule has 1 rings (SSSR count). The first-order valence-electron chi connectivity index (χ1n) is 3.77. The molecule has 0 radical (unpaired) electrons. The molecule has 13 heavy (non-hydrogen) atoms. The van der Waals surface area contributed by atoms with Gasteiger partial charge >= 0.3 is 0 Å². The summed E-state index contributed by atoms with van der Waals surface area (Å²) >= 11 is 5.40. The largest absolute Gasteiger partial charge is 0.259 e. The van der Waals surface area contributed by atoms with Crippen molar-refractivity contribution >= 4 is 17.7 Å². The van der Waals surface area contributed by atoms with Gasteiger partial charge in [0.1, 0.15) is 0 Å². The zero-order valence-electron chi connectivity index (χ0n) is 6.80. The Kier molecular flexibility index (Phi) is 3.83. The van der Waals surface area contributed by atoms with Gasteiger partial charge in [0.05, 0.1) is 12.4 Å². The van der Waals surface area contributed by atoms with E-state index >= 15 is 0 Å². The summed E-state index contributed by atoms with van der Waals surface area (Å²) in [6.07, 6.45) is 5.53. The van der Waals surface area contributed by atoms with Crippen LogP contribution in [0.2, 0.25) is 0 Å². The Morgan fingerprint density at radius 1 is 1.31 bits per heavy atom. The van der Waals surface area contributed by atoms with Gasteiger partial charge in [-0.1, -0.05) is 12.2 Å². The second-order valence-electron chi connectivity index (χ2n) is 2.40. The number of nitrogens with zero attached hydrogens (tertiary/aromatic N) is 1. The fraction of sp³-hybridized carbons (Fsp3) is 0.222. The van der Waals surface area contributed by atoms with Crippen molar-refractivity contribution in [2.75, 3.05) is 5.88 Å². The third-order valence-corrected chi connectivity index (χ3v) is 1.67. The van der Waals surface area contributed by atoms with Gasteiger partial charge in [0.15, 0.2) is 11.6 Å². The smallest absolute Gasteiger partial charge is 0.151 e. The first-order valence-corrected chi connectivity index (χ1v) is 4.30.